The molecule has 0 aliphatic carbocycles. The molecule has 7 rings (SSSR count). The summed E-state index contributed by atoms with van der Waals surface area (Å²) in [7, 11) is 0. The van der Waals surface area contributed by atoms with Crippen LogP contribution in [0, 0.1) is 0 Å². The minimum Gasteiger partial charge on any atom is -0.478 e. The number of hydrogen-bond acceptors (Lipinski definition) is 5. The van der Waals surface area contributed by atoms with Crippen molar-refractivity contribution in [1.29, 1.82) is 0 Å². The summed E-state index contributed by atoms with van der Waals surface area (Å²) in [5.41, 5.74) is 6.71. The lowest BCUT2D eigenvalue weighted by atomic mass is 9.92. The number of pyridine rings is 1. The van der Waals surface area contributed by atoms with Crippen molar-refractivity contribution < 1.29 is 14.3 Å². The van der Waals surface area contributed by atoms with Crippen LogP contribution in [0.5, 0.6) is 0 Å². The van der Waals surface area contributed by atoms with E-state index in [2.05, 4.69) is 17.9 Å². The highest BCUT2D eigenvalue weighted by atomic mass is 16.4. The van der Waals surface area contributed by atoms with Gasteiger partial charge in [0.1, 0.15) is 11.3 Å². The Morgan fingerprint density at radius 2 is 1.75 bits per heavy atom. The van der Waals surface area contributed by atoms with Gasteiger partial charge in [0, 0.05) is 41.2 Å². The predicted octanol–water partition coefficient (Wildman–Crippen LogP) is 6.91. The van der Waals surface area contributed by atoms with Gasteiger partial charge >= 0.3 is 5.97 Å². The van der Waals surface area contributed by atoms with E-state index in [4.69, 9.17) is 14.5 Å². The van der Waals surface area contributed by atoms with Crippen molar-refractivity contribution in [2.75, 3.05) is 13.1 Å². The first-order valence-electron chi connectivity index (χ1n) is 13.3. The molecule has 0 saturated heterocycles. The molecule has 7 nitrogen and oxygen atoms in total. The molecule has 6 aromatic rings. The molecule has 0 unspecified atom stereocenters. The molecule has 7 heteroatoms. The van der Waals surface area contributed by atoms with E-state index in [9.17, 15) is 9.90 Å². The van der Waals surface area contributed by atoms with Crippen molar-refractivity contribution in [3.05, 3.63) is 114 Å². The number of furan rings is 1. The molecule has 4 heterocycles. The molecular formula is C33H26N4O3. The Morgan fingerprint density at radius 3 is 2.55 bits per heavy atom. The number of rotatable bonds is 5. The number of carbonyl (C=O) groups is 1. The number of fused-ring (bicyclic) bond motifs is 3. The third-order valence-electron chi connectivity index (χ3n) is 7.49. The van der Waals surface area contributed by atoms with E-state index >= 15 is 0 Å². The topological polar surface area (TPSA) is 84.4 Å². The summed E-state index contributed by atoms with van der Waals surface area (Å²) in [5, 5.41) is 16.9. The van der Waals surface area contributed by atoms with E-state index in [1.54, 1.807) is 0 Å². The van der Waals surface area contributed by atoms with Crippen molar-refractivity contribution in [2.45, 2.75) is 13.5 Å². The molecule has 3 aromatic carbocycles. The maximum Gasteiger partial charge on any atom is 0.336 e. The second kappa shape index (κ2) is 9.63. The summed E-state index contributed by atoms with van der Waals surface area (Å²) in [6, 6.07) is 27.3. The summed E-state index contributed by atoms with van der Waals surface area (Å²) >= 11 is 0. The van der Waals surface area contributed by atoms with Gasteiger partial charge < -0.3 is 9.52 Å². The van der Waals surface area contributed by atoms with Gasteiger partial charge in [-0.05, 0) is 48.5 Å². The first-order valence-corrected chi connectivity index (χ1v) is 13.3. The molecule has 0 amide bonds. The number of aromatic carboxylic acids is 1. The van der Waals surface area contributed by atoms with Crippen LogP contribution >= 0.6 is 0 Å². The monoisotopic (exact) mass is 526 g/mol. The van der Waals surface area contributed by atoms with Gasteiger partial charge in [-0.1, -0.05) is 61.5 Å². The molecule has 0 atom stereocenters. The lowest BCUT2D eigenvalue weighted by Crippen LogP contribution is -2.31. The number of nitrogens with zero attached hydrogens (tertiary/aromatic N) is 4. The molecule has 196 valence electrons. The average molecular weight is 527 g/mol. The number of likely N-dealkylation sites (N-methyl/N-ethyl adjacent to an activating group) is 1. The van der Waals surface area contributed by atoms with Crippen molar-refractivity contribution in [1.82, 2.24) is 19.7 Å². The molecule has 1 aliphatic heterocycles. The quantitative estimate of drug-likeness (QED) is 0.263. The number of para-hydroxylation sites is 3. The minimum absolute atomic E-state index is 0.321. The molecule has 0 bridgehead atoms. The van der Waals surface area contributed by atoms with Gasteiger partial charge in [0.25, 0.3) is 0 Å². The summed E-state index contributed by atoms with van der Waals surface area (Å²) in [6.07, 6.45) is 4.08. The van der Waals surface area contributed by atoms with Crippen LogP contribution in [0.3, 0.4) is 0 Å². The highest BCUT2D eigenvalue weighted by Crippen LogP contribution is 2.36. The number of benzene rings is 3. The largest absolute Gasteiger partial charge is 0.478 e. The van der Waals surface area contributed by atoms with Crippen LogP contribution in [0.25, 0.3) is 50.7 Å². The van der Waals surface area contributed by atoms with Crippen LogP contribution in [0.1, 0.15) is 34.1 Å². The molecule has 0 saturated carbocycles. The van der Waals surface area contributed by atoms with E-state index in [-0.39, 0.29) is 0 Å². The fraction of sp³-hybridized carbons (Fsp3) is 0.121. The maximum absolute atomic E-state index is 12.5. The first-order chi connectivity index (χ1) is 19.6. The maximum atomic E-state index is 12.5. The summed E-state index contributed by atoms with van der Waals surface area (Å²) in [4.78, 5) is 19.8. The van der Waals surface area contributed by atoms with E-state index < -0.39 is 5.97 Å². The van der Waals surface area contributed by atoms with Gasteiger partial charge in [-0.25, -0.2) is 14.5 Å². The zero-order chi connectivity index (χ0) is 27.2. The van der Waals surface area contributed by atoms with Crippen LogP contribution in [-0.2, 0) is 6.54 Å². The highest BCUT2D eigenvalue weighted by molar-refractivity contribution is 6.06. The van der Waals surface area contributed by atoms with Gasteiger partial charge in [-0.2, -0.15) is 5.10 Å². The number of hydrogen-bond donors (Lipinski definition) is 1. The predicted molar refractivity (Wildman–Crippen MR) is 156 cm³/mol. The molecule has 0 fully saturated rings. The van der Waals surface area contributed by atoms with E-state index in [1.807, 2.05) is 95.8 Å². The molecule has 3 aromatic heterocycles. The summed E-state index contributed by atoms with van der Waals surface area (Å²) in [5.74, 6) is -0.268. The van der Waals surface area contributed by atoms with Crippen LogP contribution in [0.15, 0.2) is 95.5 Å². The second-order valence-electron chi connectivity index (χ2n) is 9.97. The fourth-order valence-electron chi connectivity index (χ4n) is 5.53. The first kappa shape index (κ1) is 24.1. The van der Waals surface area contributed by atoms with E-state index in [1.165, 1.54) is 0 Å². The molecule has 1 N–H and O–H groups in total. The van der Waals surface area contributed by atoms with Gasteiger partial charge in [-0.3, -0.25) is 4.90 Å². The molecule has 0 radical (unpaired) electrons. The summed E-state index contributed by atoms with van der Waals surface area (Å²) < 4.78 is 8.10. The van der Waals surface area contributed by atoms with Crippen LogP contribution in [0.2, 0.25) is 0 Å². The highest BCUT2D eigenvalue weighted by Gasteiger charge is 2.28. The Bertz CT molecular complexity index is 1900. The summed E-state index contributed by atoms with van der Waals surface area (Å²) in [6.45, 7) is 4.04. The van der Waals surface area contributed by atoms with E-state index in [0.29, 0.717) is 41.0 Å². The molecule has 1 aliphatic rings. The minimum atomic E-state index is -0.938. The number of carboxylic acid groups (broad SMARTS) is 1. The SMILES string of the molecule is CCN1CC(=Cc2cn(-c3ccccc3)nc2-c2cc3ccccc3o2)c2nc3ccccc3c(C(=O)O)c2C1. The van der Waals surface area contributed by atoms with Crippen molar-refractivity contribution in [2.24, 2.45) is 0 Å². The fourth-order valence-corrected chi connectivity index (χ4v) is 5.53. The molecule has 40 heavy (non-hydrogen) atoms. The Balaban J connectivity index is 1.46. The zero-order valence-corrected chi connectivity index (χ0v) is 21.9. The van der Waals surface area contributed by atoms with Crippen LogP contribution in [-0.4, -0.2) is 43.8 Å². The third kappa shape index (κ3) is 4.08. The van der Waals surface area contributed by atoms with Crippen LogP contribution < -0.4 is 0 Å². The molecular weight excluding hydrogens is 500 g/mol. The van der Waals surface area contributed by atoms with Crippen molar-refractivity contribution >= 4 is 39.5 Å². The number of carboxylic acids is 1. The van der Waals surface area contributed by atoms with E-state index in [0.717, 1.165) is 45.6 Å². The Labute approximate surface area is 230 Å². The smallest absolute Gasteiger partial charge is 0.336 e. The van der Waals surface area contributed by atoms with Gasteiger partial charge in [0.2, 0.25) is 0 Å². The normalized spacial score (nSPS) is 14.7. The lowest BCUT2D eigenvalue weighted by molar-refractivity contribution is 0.0696. The standard InChI is InChI=1S/C33H26N4O3/c1-2-36-18-22(31-26(20-36)30(33(38)39)25-13-7-8-14-27(25)34-31)16-23-19-37(24-11-4-3-5-12-24)35-32(23)29-17-21-10-6-9-15-28(21)40-29/h3-17,19H,2,18,20H2,1H3,(H,38,39). The molecule has 0 spiro atoms. The van der Waals surface area contributed by atoms with Crippen LogP contribution in [0.4, 0.5) is 0 Å². The number of aromatic nitrogens is 3. The average Bonchev–Trinajstić information content (AvgIpc) is 3.60. The third-order valence-corrected chi connectivity index (χ3v) is 7.49. The van der Waals surface area contributed by atoms with Gasteiger partial charge in [-0.15, -0.1) is 0 Å². The Kier molecular flexibility index (Phi) is 5.79. The Hall–Kier alpha value is -5.01. The lowest BCUT2D eigenvalue weighted by Gasteiger charge is -2.30. The Morgan fingerprint density at radius 1 is 0.975 bits per heavy atom. The van der Waals surface area contributed by atoms with Crippen molar-refractivity contribution in [3.63, 3.8) is 0 Å². The van der Waals surface area contributed by atoms with Gasteiger partial charge in [0.15, 0.2) is 5.76 Å². The second-order valence-corrected chi connectivity index (χ2v) is 9.97. The van der Waals surface area contributed by atoms with Crippen molar-refractivity contribution in [3.8, 4) is 17.1 Å². The zero-order valence-electron chi connectivity index (χ0n) is 21.9. The van der Waals surface area contributed by atoms with Gasteiger partial charge in [0.05, 0.1) is 22.5 Å².